The predicted octanol–water partition coefficient (Wildman–Crippen LogP) is 4.32. The lowest BCUT2D eigenvalue weighted by Crippen LogP contribution is -2.44. The van der Waals surface area contributed by atoms with Gasteiger partial charge in [-0.2, -0.15) is 5.06 Å². The Morgan fingerprint density at radius 1 is 0.926 bits per heavy atom. The summed E-state index contributed by atoms with van der Waals surface area (Å²) in [4.78, 5) is 17.9. The average Bonchev–Trinajstić information content (AvgIpc) is 3.03. The van der Waals surface area contributed by atoms with Gasteiger partial charge in [0.2, 0.25) is 0 Å². The van der Waals surface area contributed by atoms with Gasteiger partial charge in [-0.25, -0.2) is 0 Å². The first kappa shape index (κ1) is 17.5. The number of carboxylic acid groups (broad SMARTS) is 1. The van der Waals surface area contributed by atoms with Crippen molar-refractivity contribution in [2.45, 2.75) is 18.5 Å². The van der Waals surface area contributed by atoms with Crippen molar-refractivity contribution in [2.75, 3.05) is 7.11 Å². The Balaban J connectivity index is 1.78. The Kier molecular flexibility index (Phi) is 4.75. The second kappa shape index (κ2) is 7.35. The SMILES string of the molecule is CON(C1c2ccccc2-c2ccccc21)[C@@H](Cc1ccccc1)C(=O)O. The third-order valence-corrected chi connectivity index (χ3v) is 5.13. The number of rotatable bonds is 6. The van der Waals surface area contributed by atoms with Crippen LogP contribution in [0.3, 0.4) is 0 Å². The van der Waals surface area contributed by atoms with Gasteiger partial charge < -0.3 is 9.94 Å². The molecule has 4 rings (SSSR count). The summed E-state index contributed by atoms with van der Waals surface area (Å²) in [7, 11) is 1.55. The molecule has 136 valence electrons. The molecular formula is C23H21NO3. The van der Waals surface area contributed by atoms with Crippen molar-refractivity contribution >= 4 is 5.97 Å². The van der Waals surface area contributed by atoms with Gasteiger partial charge in [-0.1, -0.05) is 78.9 Å². The molecule has 0 unspecified atom stereocenters. The van der Waals surface area contributed by atoms with Crippen LogP contribution in [0.1, 0.15) is 22.7 Å². The van der Waals surface area contributed by atoms with Crippen LogP contribution in [-0.4, -0.2) is 29.3 Å². The highest BCUT2D eigenvalue weighted by molar-refractivity contribution is 5.79. The highest BCUT2D eigenvalue weighted by Crippen LogP contribution is 2.46. The van der Waals surface area contributed by atoms with Crippen LogP contribution in [0.25, 0.3) is 11.1 Å². The maximum absolute atomic E-state index is 12.2. The summed E-state index contributed by atoms with van der Waals surface area (Å²) < 4.78 is 0. The summed E-state index contributed by atoms with van der Waals surface area (Å²) >= 11 is 0. The van der Waals surface area contributed by atoms with Gasteiger partial charge in [-0.05, 0) is 27.8 Å². The zero-order valence-electron chi connectivity index (χ0n) is 15.1. The van der Waals surface area contributed by atoms with E-state index in [9.17, 15) is 9.90 Å². The van der Waals surface area contributed by atoms with Crippen molar-refractivity contribution in [3.8, 4) is 11.1 Å². The lowest BCUT2D eigenvalue weighted by Gasteiger charge is -2.33. The number of aliphatic carboxylic acids is 1. The number of fused-ring (bicyclic) bond motifs is 3. The number of carboxylic acids is 1. The monoisotopic (exact) mass is 359 g/mol. The molecule has 0 aromatic heterocycles. The topological polar surface area (TPSA) is 49.8 Å². The standard InChI is InChI=1S/C23H21NO3/c1-27-24(21(23(25)26)15-16-9-3-2-4-10-16)22-19-13-7-5-11-17(19)18-12-6-8-14-20(18)22/h2-14,21-22H,15H2,1H3,(H,25,26)/t21-/m0/s1. The molecule has 4 nitrogen and oxygen atoms in total. The lowest BCUT2D eigenvalue weighted by molar-refractivity contribution is -0.197. The summed E-state index contributed by atoms with van der Waals surface area (Å²) in [5.41, 5.74) is 5.36. The van der Waals surface area contributed by atoms with Gasteiger partial charge in [0.1, 0.15) is 6.04 Å². The fraction of sp³-hybridized carbons (Fsp3) is 0.174. The minimum atomic E-state index is -0.900. The quantitative estimate of drug-likeness (QED) is 0.666. The van der Waals surface area contributed by atoms with Gasteiger partial charge in [-0.15, -0.1) is 0 Å². The van der Waals surface area contributed by atoms with Crippen molar-refractivity contribution in [1.29, 1.82) is 0 Å². The Bertz CT molecular complexity index is 909. The molecular weight excluding hydrogens is 338 g/mol. The van der Waals surface area contributed by atoms with E-state index in [0.29, 0.717) is 6.42 Å². The van der Waals surface area contributed by atoms with Crippen LogP contribution in [0.5, 0.6) is 0 Å². The molecule has 0 fully saturated rings. The van der Waals surface area contributed by atoms with Crippen LogP contribution < -0.4 is 0 Å². The van der Waals surface area contributed by atoms with Crippen LogP contribution in [-0.2, 0) is 16.1 Å². The Morgan fingerprint density at radius 2 is 1.44 bits per heavy atom. The van der Waals surface area contributed by atoms with E-state index in [1.165, 1.54) is 0 Å². The van der Waals surface area contributed by atoms with Gasteiger partial charge in [0.15, 0.2) is 0 Å². The normalized spacial score (nSPS) is 14.0. The summed E-state index contributed by atoms with van der Waals surface area (Å²) in [6, 6.07) is 24.8. The number of carbonyl (C=O) groups is 1. The molecule has 0 bridgehead atoms. The molecule has 1 aliphatic rings. The summed E-state index contributed by atoms with van der Waals surface area (Å²) in [6.45, 7) is 0. The molecule has 0 aliphatic heterocycles. The van der Waals surface area contributed by atoms with Gasteiger partial charge in [0, 0.05) is 6.42 Å². The average molecular weight is 359 g/mol. The molecule has 1 aliphatic carbocycles. The third-order valence-electron chi connectivity index (χ3n) is 5.13. The fourth-order valence-corrected chi connectivity index (χ4v) is 3.94. The smallest absolute Gasteiger partial charge is 0.323 e. The van der Waals surface area contributed by atoms with Crippen molar-refractivity contribution < 1.29 is 14.7 Å². The van der Waals surface area contributed by atoms with Gasteiger partial charge in [0.25, 0.3) is 0 Å². The number of hydroxylamine groups is 2. The Morgan fingerprint density at radius 3 is 1.96 bits per heavy atom. The fourth-order valence-electron chi connectivity index (χ4n) is 3.94. The second-order valence-corrected chi connectivity index (χ2v) is 6.66. The molecule has 0 heterocycles. The zero-order valence-corrected chi connectivity index (χ0v) is 15.1. The van der Waals surface area contributed by atoms with E-state index in [2.05, 4.69) is 12.1 Å². The number of hydrogen-bond acceptors (Lipinski definition) is 3. The van der Waals surface area contributed by atoms with Gasteiger partial charge >= 0.3 is 5.97 Å². The van der Waals surface area contributed by atoms with E-state index < -0.39 is 12.0 Å². The minimum Gasteiger partial charge on any atom is -0.480 e. The van der Waals surface area contributed by atoms with Gasteiger partial charge in [-0.3, -0.25) is 4.79 Å². The lowest BCUT2D eigenvalue weighted by atomic mass is 10.00. The van der Waals surface area contributed by atoms with Crippen LogP contribution in [0.4, 0.5) is 0 Å². The molecule has 1 N–H and O–H groups in total. The van der Waals surface area contributed by atoms with E-state index in [4.69, 9.17) is 4.84 Å². The summed E-state index contributed by atoms with van der Waals surface area (Å²) in [5.74, 6) is -0.900. The van der Waals surface area contributed by atoms with E-state index in [0.717, 1.165) is 27.8 Å². The highest BCUT2D eigenvalue weighted by Gasteiger charge is 2.39. The molecule has 27 heavy (non-hydrogen) atoms. The molecule has 3 aromatic carbocycles. The molecule has 3 aromatic rings. The Hall–Kier alpha value is -2.95. The maximum Gasteiger partial charge on any atom is 0.323 e. The molecule has 0 saturated carbocycles. The largest absolute Gasteiger partial charge is 0.480 e. The van der Waals surface area contributed by atoms with Crippen LogP contribution in [0, 0.1) is 0 Å². The molecule has 1 atom stereocenters. The van der Waals surface area contributed by atoms with Gasteiger partial charge in [0.05, 0.1) is 13.2 Å². The van der Waals surface area contributed by atoms with E-state index in [-0.39, 0.29) is 6.04 Å². The van der Waals surface area contributed by atoms with E-state index in [1.807, 2.05) is 66.7 Å². The first-order chi connectivity index (χ1) is 13.2. The maximum atomic E-state index is 12.2. The zero-order chi connectivity index (χ0) is 18.8. The van der Waals surface area contributed by atoms with Crippen molar-refractivity contribution in [1.82, 2.24) is 5.06 Å². The molecule has 4 heteroatoms. The number of benzene rings is 3. The van der Waals surface area contributed by atoms with Crippen molar-refractivity contribution in [2.24, 2.45) is 0 Å². The highest BCUT2D eigenvalue weighted by atomic mass is 16.7. The number of nitrogens with zero attached hydrogens (tertiary/aromatic N) is 1. The molecule has 0 radical (unpaired) electrons. The first-order valence-corrected chi connectivity index (χ1v) is 8.98. The number of hydrogen-bond donors (Lipinski definition) is 1. The van der Waals surface area contributed by atoms with Crippen LogP contribution in [0.2, 0.25) is 0 Å². The molecule has 0 saturated heterocycles. The van der Waals surface area contributed by atoms with Crippen LogP contribution in [0.15, 0.2) is 78.9 Å². The van der Waals surface area contributed by atoms with E-state index in [1.54, 1.807) is 12.2 Å². The van der Waals surface area contributed by atoms with E-state index >= 15 is 0 Å². The summed E-state index contributed by atoms with van der Waals surface area (Å²) in [5, 5.41) is 11.6. The van der Waals surface area contributed by atoms with Crippen LogP contribution >= 0.6 is 0 Å². The second-order valence-electron chi connectivity index (χ2n) is 6.66. The minimum absolute atomic E-state index is 0.257. The molecule has 0 amide bonds. The molecule has 0 spiro atoms. The third kappa shape index (κ3) is 3.14. The first-order valence-electron chi connectivity index (χ1n) is 8.98. The summed E-state index contributed by atoms with van der Waals surface area (Å²) in [6.07, 6.45) is 0.366. The van der Waals surface area contributed by atoms with Crippen molar-refractivity contribution in [3.63, 3.8) is 0 Å². The predicted molar refractivity (Wildman–Crippen MR) is 104 cm³/mol. The van der Waals surface area contributed by atoms with Crippen molar-refractivity contribution in [3.05, 3.63) is 95.6 Å². The Labute approximate surface area is 158 Å².